The van der Waals surface area contributed by atoms with Crippen molar-refractivity contribution in [2.45, 2.75) is 17.2 Å². The Balaban J connectivity index is 2.39. The van der Waals surface area contributed by atoms with Crippen LogP contribution >= 0.6 is 23.4 Å². The molecule has 11 heteroatoms. The van der Waals surface area contributed by atoms with Crippen molar-refractivity contribution in [2.24, 2.45) is 14.1 Å². The van der Waals surface area contributed by atoms with E-state index in [2.05, 4.69) is 9.97 Å². The molecule has 0 fully saturated rings. The number of fused-ring (bicyclic) bond motifs is 1. The molecule has 0 spiro atoms. The van der Waals surface area contributed by atoms with Gasteiger partial charge in [0, 0.05) is 33.8 Å². The molecular formula is C20H20ClN5O4S. The first-order valence-corrected chi connectivity index (χ1v) is 10.4. The molecule has 2 heterocycles. The Hall–Kier alpha value is -2.98. The van der Waals surface area contributed by atoms with Crippen LogP contribution in [0.25, 0.3) is 22.4 Å². The molecule has 0 aliphatic heterocycles. The number of amides is 1. The summed E-state index contributed by atoms with van der Waals surface area (Å²) in [5, 5.41) is -0.581. The van der Waals surface area contributed by atoms with Gasteiger partial charge >= 0.3 is 5.69 Å². The highest BCUT2D eigenvalue weighted by atomic mass is 35.5. The summed E-state index contributed by atoms with van der Waals surface area (Å²) in [5.41, 5.74) is -0.616. The van der Waals surface area contributed by atoms with E-state index < -0.39 is 28.2 Å². The average Bonchev–Trinajstić information content (AvgIpc) is 2.73. The standard InChI is InChI=1S/C20H20ClN5O4S/c1-10(27)14(19(29)24(2)3)31-17-13-16(25(4)20(30)26(5)18(13)28)22-15(23-17)11-8-6-7-9-12(11)21/h6-9,14H,1-5H3/t14-/m1/s1. The minimum Gasteiger partial charge on any atom is -0.347 e. The molecule has 0 aliphatic rings. The van der Waals surface area contributed by atoms with Crippen molar-refractivity contribution in [3.05, 3.63) is 50.1 Å². The van der Waals surface area contributed by atoms with Crippen molar-refractivity contribution >= 4 is 46.1 Å². The van der Waals surface area contributed by atoms with Crippen molar-refractivity contribution in [3.63, 3.8) is 0 Å². The van der Waals surface area contributed by atoms with Gasteiger partial charge in [-0.3, -0.25) is 23.5 Å². The third-order valence-electron chi connectivity index (χ3n) is 4.65. The number of carbonyl (C=O) groups excluding carboxylic acids is 2. The van der Waals surface area contributed by atoms with Crippen LogP contribution in [-0.2, 0) is 23.7 Å². The number of nitrogens with zero attached hydrogens (tertiary/aromatic N) is 5. The molecule has 3 rings (SSSR count). The van der Waals surface area contributed by atoms with Gasteiger partial charge in [-0.05, 0) is 19.1 Å². The number of carbonyl (C=O) groups is 2. The average molecular weight is 462 g/mol. The Morgan fingerprint density at radius 1 is 1.10 bits per heavy atom. The number of benzene rings is 1. The van der Waals surface area contributed by atoms with E-state index in [9.17, 15) is 19.2 Å². The fourth-order valence-corrected chi connectivity index (χ4v) is 4.29. The van der Waals surface area contributed by atoms with Crippen LogP contribution in [0, 0.1) is 0 Å². The quantitative estimate of drug-likeness (QED) is 0.322. The number of hydrogen-bond acceptors (Lipinski definition) is 7. The van der Waals surface area contributed by atoms with Crippen LogP contribution in [0.1, 0.15) is 6.92 Å². The van der Waals surface area contributed by atoms with Gasteiger partial charge in [0.1, 0.15) is 15.7 Å². The zero-order valence-corrected chi connectivity index (χ0v) is 19.1. The Morgan fingerprint density at radius 3 is 2.32 bits per heavy atom. The van der Waals surface area contributed by atoms with Gasteiger partial charge in [-0.15, -0.1) is 0 Å². The third kappa shape index (κ3) is 4.13. The van der Waals surface area contributed by atoms with E-state index in [0.29, 0.717) is 10.6 Å². The van der Waals surface area contributed by atoms with Crippen molar-refractivity contribution in [3.8, 4) is 11.4 Å². The summed E-state index contributed by atoms with van der Waals surface area (Å²) in [6.07, 6.45) is 0. The Morgan fingerprint density at radius 2 is 1.74 bits per heavy atom. The van der Waals surface area contributed by atoms with Crippen LogP contribution in [0.15, 0.2) is 38.9 Å². The number of aryl methyl sites for hydroxylation is 1. The van der Waals surface area contributed by atoms with Gasteiger partial charge in [0.15, 0.2) is 17.3 Å². The van der Waals surface area contributed by atoms with Crippen LogP contribution in [0.3, 0.4) is 0 Å². The van der Waals surface area contributed by atoms with Crippen molar-refractivity contribution in [1.29, 1.82) is 0 Å². The third-order valence-corrected chi connectivity index (χ3v) is 6.26. The second-order valence-corrected chi connectivity index (χ2v) is 8.58. The molecule has 0 saturated carbocycles. The second kappa shape index (κ2) is 8.64. The molecule has 0 saturated heterocycles. The molecule has 31 heavy (non-hydrogen) atoms. The highest BCUT2D eigenvalue weighted by Crippen LogP contribution is 2.32. The highest BCUT2D eigenvalue weighted by molar-refractivity contribution is 8.01. The second-order valence-electron chi connectivity index (χ2n) is 7.08. The summed E-state index contributed by atoms with van der Waals surface area (Å²) in [5.74, 6) is -0.662. The van der Waals surface area contributed by atoms with Crippen molar-refractivity contribution in [2.75, 3.05) is 14.1 Å². The first-order valence-electron chi connectivity index (χ1n) is 9.15. The van der Waals surface area contributed by atoms with Crippen molar-refractivity contribution in [1.82, 2.24) is 24.0 Å². The Labute approximate surface area is 186 Å². The molecule has 1 atom stereocenters. The lowest BCUT2D eigenvalue weighted by molar-refractivity contribution is -0.132. The minimum atomic E-state index is -1.12. The van der Waals surface area contributed by atoms with Crippen LogP contribution in [-0.4, -0.2) is 55.0 Å². The normalized spacial score (nSPS) is 12.1. The van der Waals surface area contributed by atoms with Gasteiger partial charge in [-0.1, -0.05) is 35.5 Å². The largest absolute Gasteiger partial charge is 0.347 e. The maximum absolute atomic E-state index is 12.9. The number of Topliss-reactive ketones (excluding diaryl/α,β-unsaturated/α-hetero) is 1. The Kier molecular flexibility index (Phi) is 6.33. The van der Waals surface area contributed by atoms with Gasteiger partial charge in [-0.2, -0.15) is 0 Å². The number of aromatic nitrogens is 4. The smallest absolute Gasteiger partial charge is 0.332 e. The summed E-state index contributed by atoms with van der Waals surface area (Å²) in [7, 11) is 5.90. The van der Waals surface area contributed by atoms with Crippen LogP contribution in [0.2, 0.25) is 5.02 Å². The van der Waals surface area contributed by atoms with Gasteiger partial charge < -0.3 is 4.90 Å². The molecule has 0 unspecified atom stereocenters. The lowest BCUT2D eigenvalue weighted by Crippen LogP contribution is -2.38. The van der Waals surface area contributed by atoms with E-state index in [1.54, 1.807) is 24.3 Å². The van der Waals surface area contributed by atoms with E-state index in [4.69, 9.17) is 11.6 Å². The molecule has 0 N–H and O–H groups in total. The van der Waals surface area contributed by atoms with Crippen molar-refractivity contribution < 1.29 is 9.59 Å². The first kappa shape index (κ1) is 22.7. The van der Waals surface area contributed by atoms with Crippen LogP contribution in [0.4, 0.5) is 0 Å². The number of ketones is 1. The summed E-state index contributed by atoms with van der Waals surface area (Å²) in [6, 6.07) is 6.85. The number of hydrogen-bond donors (Lipinski definition) is 0. The molecule has 0 bridgehead atoms. The highest BCUT2D eigenvalue weighted by Gasteiger charge is 2.29. The van der Waals surface area contributed by atoms with E-state index in [-0.39, 0.29) is 21.9 Å². The van der Waals surface area contributed by atoms with Gasteiger partial charge in [0.25, 0.3) is 5.56 Å². The molecule has 2 aromatic heterocycles. The number of thioether (sulfide) groups is 1. The molecule has 9 nitrogen and oxygen atoms in total. The van der Waals surface area contributed by atoms with E-state index in [1.165, 1.54) is 44.6 Å². The Bertz CT molecular complexity index is 1330. The summed E-state index contributed by atoms with van der Waals surface area (Å²) in [4.78, 5) is 60.4. The van der Waals surface area contributed by atoms with Gasteiger partial charge in [0.05, 0.1) is 5.02 Å². The number of halogens is 1. The summed E-state index contributed by atoms with van der Waals surface area (Å²) >= 11 is 7.15. The molecule has 3 aromatic rings. The monoisotopic (exact) mass is 461 g/mol. The molecule has 1 aromatic carbocycles. The summed E-state index contributed by atoms with van der Waals surface area (Å²) in [6.45, 7) is 1.30. The maximum atomic E-state index is 12.9. The molecule has 0 radical (unpaired) electrons. The molecule has 162 valence electrons. The zero-order chi connectivity index (χ0) is 23.0. The van der Waals surface area contributed by atoms with Gasteiger partial charge in [-0.25, -0.2) is 14.8 Å². The number of rotatable bonds is 5. The lowest BCUT2D eigenvalue weighted by Gasteiger charge is -2.19. The minimum absolute atomic E-state index is 0.0446. The predicted molar refractivity (Wildman–Crippen MR) is 119 cm³/mol. The zero-order valence-electron chi connectivity index (χ0n) is 17.5. The SMILES string of the molecule is CC(=O)[C@@H](Sc1nc(-c2ccccc2Cl)nc2c1c(=O)n(C)c(=O)n2C)C(=O)N(C)C. The predicted octanol–water partition coefficient (Wildman–Crippen LogP) is 1.49. The van der Waals surface area contributed by atoms with E-state index >= 15 is 0 Å². The lowest BCUT2D eigenvalue weighted by atomic mass is 10.2. The fourth-order valence-electron chi connectivity index (χ4n) is 2.93. The maximum Gasteiger partial charge on any atom is 0.332 e. The van der Waals surface area contributed by atoms with E-state index in [0.717, 1.165) is 16.3 Å². The molecular weight excluding hydrogens is 442 g/mol. The fraction of sp³-hybridized carbons (Fsp3) is 0.300. The van der Waals surface area contributed by atoms with Crippen LogP contribution < -0.4 is 11.2 Å². The molecule has 1 amide bonds. The first-order chi connectivity index (χ1) is 14.5. The van der Waals surface area contributed by atoms with Crippen LogP contribution in [0.5, 0.6) is 0 Å². The van der Waals surface area contributed by atoms with Gasteiger partial charge in [0.2, 0.25) is 5.91 Å². The summed E-state index contributed by atoms with van der Waals surface area (Å²) < 4.78 is 2.15. The molecule has 0 aliphatic carbocycles. The topological polar surface area (TPSA) is 107 Å². The van der Waals surface area contributed by atoms with E-state index in [1.807, 2.05) is 0 Å².